The molecule has 0 spiro atoms. The second kappa shape index (κ2) is 8.10. The predicted molar refractivity (Wildman–Crippen MR) is 79.4 cm³/mol. The Hall–Kier alpha value is -1.66. The molecule has 2 amide bonds. The molecule has 0 rings (SSSR count). The van der Waals surface area contributed by atoms with Gasteiger partial charge in [0.05, 0.1) is 13.2 Å². The zero-order chi connectivity index (χ0) is 17.6. The number of hydrogen-bond acceptors (Lipinski definition) is 5. The summed E-state index contributed by atoms with van der Waals surface area (Å²) in [5.74, 6) is -0.436. The minimum absolute atomic E-state index is 0.0509. The molecule has 0 fully saturated rings. The molecule has 0 saturated carbocycles. The van der Waals surface area contributed by atoms with Gasteiger partial charge in [0, 0.05) is 6.42 Å². The summed E-state index contributed by atoms with van der Waals surface area (Å²) in [4.78, 5) is 36.5. The average Bonchev–Trinajstić information content (AvgIpc) is 2.28. The van der Waals surface area contributed by atoms with Gasteiger partial charge in [-0.3, -0.25) is 9.18 Å². The topological polar surface area (TPSA) is 72.9 Å². The van der Waals surface area contributed by atoms with E-state index in [2.05, 4.69) is 0 Å². The molecule has 0 aliphatic carbocycles. The Kier molecular flexibility index (Phi) is 7.49. The molecule has 0 atom stereocenters. The molecule has 0 aromatic carbocycles. The van der Waals surface area contributed by atoms with Crippen LogP contribution in [0, 0.1) is 0 Å². The van der Waals surface area contributed by atoms with Crippen molar-refractivity contribution in [3.8, 4) is 0 Å². The lowest BCUT2D eigenvalue weighted by Crippen LogP contribution is -2.45. The van der Waals surface area contributed by atoms with Crippen molar-refractivity contribution in [2.75, 3.05) is 13.2 Å². The first-order chi connectivity index (χ1) is 9.85. The molecule has 0 aliphatic rings. The third-order valence-corrected chi connectivity index (χ3v) is 2.15. The number of imide groups is 1. The lowest BCUT2D eigenvalue weighted by molar-refractivity contribution is -0.120. The molecule has 6 nitrogen and oxygen atoms in total. The monoisotopic (exact) mass is 319 g/mol. The van der Waals surface area contributed by atoms with E-state index in [1.54, 1.807) is 41.5 Å². The van der Waals surface area contributed by atoms with Crippen molar-refractivity contribution in [3.05, 3.63) is 0 Å². The predicted octanol–water partition coefficient (Wildman–Crippen LogP) is 3.48. The van der Waals surface area contributed by atoms with E-state index < -0.39 is 42.4 Å². The van der Waals surface area contributed by atoms with Crippen LogP contribution in [0.5, 0.6) is 0 Å². The second-order valence-electron chi connectivity index (χ2n) is 6.88. The standard InChI is InChI=1S/C15H26FNO5/c1-14(2,3)21-12(19)17(10-11(18)8-7-9-16)13(20)22-15(4,5)6/h7-10H2,1-6H3. The molecule has 0 bridgehead atoms. The summed E-state index contributed by atoms with van der Waals surface area (Å²) in [6.07, 6.45) is -1.93. The normalized spacial score (nSPS) is 11.8. The van der Waals surface area contributed by atoms with Crippen LogP contribution in [0.25, 0.3) is 0 Å². The summed E-state index contributed by atoms with van der Waals surface area (Å²) in [7, 11) is 0. The van der Waals surface area contributed by atoms with Crippen LogP contribution in [0.15, 0.2) is 0 Å². The zero-order valence-electron chi connectivity index (χ0n) is 14.2. The molecular formula is C15H26FNO5. The summed E-state index contributed by atoms with van der Waals surface area (Å²) in [5, 5.41) is 0. The third-order valence-electron chi connectivity index (χ3n) is 2.15. The quantitative estimate of drug-likeness (QED) is 0.775. The van der Waals surface area contributed by atoms with Crippen LogP contribution in [0.4, 0.5) is 14.0 Å². The SMILES string of the molecule is CC(C)(C)OC(=O)N(CC(=O)CCCF)C(=O)OC(C)(C)C. The van der Waals surface area contributed by atoms with E-state index in [1.165, 1.54) is 0 Å². The maximum atomic E-state index is 12.1. The molecule has 7 heteroatoms. The fourth-order valence-electron chi connectivity index (χ4n) is 1.36. The second-order valence-corrected chi connectivity index (χ2v) is 6.88. The Morgan fingerprint density at radius 2 is 1.32 bits per heavy atom. The van der Waals surface area contributed by atoms with Crippen LogP contribution in [-0.4, -0.2) is 47.3 Å². The van der Waals surface area contributed by atoms with E-state index >= 15 is 0 Å². The average molecular weight is 319 g/mol. The van der Waals surface area contributed by atoms with Crippen LogP contribution in [0.1, 0.15) is 54.4 Å². The first-order valence-corrected chi connectivity index (χ1v) is 7.17. The van der Waals surface area contributed by atoms with Crippen molar-refractivity contribution >= 4 is 18.0 Å². The Labute approximate surface area is 130 Å². The van der Waals surface area contributed by atoms with Gasteiger partial charge in [0.25, 0.3) is 0 Å². The summed E-state index contributed by atoms with van der Waals surface area (Å²) in [6, 6.07) is 0. The van der Waals surface area contributed by atoms with E-state index in [9.17, 15) is 18.8 Å². The van der Waals surface area contributed by atoms with Gasteiger partial charge in [0.15, 0.2) is 5.78 Å². The molecule has 22 heavy (non-hydrogen) atoms. The van der Waals surface area contributed by atoms with Gasteiger partial charge in [-0.25, -0.2) is 14.5 Å². The van der Waals surface area contributed by atoms with Gasteiger partial charge in [0.2, 0.25) is 0 Å². The van der Waals surface area contributed by atoms with Gasteiger partial charge in [-0.15, -0.1) is 0 Å². The van der Waals surface area contributed by atoms with Crippen molar-refractivity contribution in [1.82, 2.24) is 4.90 Å². The van der Waals surface area contributed by atoms with Gasteiger partial charge in [-0.05, 0) is 48.0 Å². The first kappa shape index (κ1) is 20.3. The van der Waals surface area contributed by atoms with E-state index in [1.807, 2.05) is 0 Å². The molecule has 0 heterocycles. The van der Waals surface area contributed by atoms with Gasteiger partial charge in [0.1, 0.15) is 11.2 Å². The molecule has 0 aromatic rings. The van der Waals surface area contributed by atoms with Crippen LogP contribution >= 0.6 is 0 Å². The number of rotatable bonds is 5. The van der Waals surface area contributed by atoms with E-state index in [0.29, 0.717) is 4.90 Å². The number of amides is 2. The summed E-state index contributed by atoms with van der Waals surface area (Å²) < 4.78 is 22.3. The highest BCUT2D eigenvalue weighted by molar-refractivity contribution is 5.94. The van der Waals surface area contributed by atoms with Crippen molar-refractivity contribution in [1.29, 1.82) is 0 Å². The maximum Gasteiger partial charge on any atom is 0.420 e. The molecule has 0 aliphatic heterocycles. The van der Waals surface area contributed by atoms with Crippen molar-refractivity contribution in [2.24, 2.45) is 0 Å². The van der Waals surface area contributed by atoms with Crippen molar-refractivity contribution < 1.29 is 28.2 Å². The molecule has 0 radical (unpaired) electrons. The highest BCUT2D eigenvalue weighted by atomic mass is 19.1. The number of alkyl halides is 1. The van der Waals surface area contributed by atoms with Gasteiger partial charge in [-0.1, -0.05) is 0 Å². The summed E-state index contributed by atoms with van der Waals surface area (Å²) in [6.45, 7) is 8.72. The Balaban J connectivity index is 5.02. The number of Topliss-reactive ketones (excluding diaryl/α,β-unsaturated/α-hetero) is 1. The molecular weight excluding hydrogens is 293 g/mol. The largest absolute Gasteiger partial charge is 0.443 e. The summed E-state index contributed by atoms with van der Waals surface area (Å²) >= 11 is 0. The van der Waals surface area contributed by atoms with Crippen LogP contribution in [-0.2, 0) is 14.3 Å². The fraction of sp³-hybridized carbons (Fsp3) is 0.800. The van der Waals surface area contributed by atoms with Gasteiger partial charge in [-0.2, -0.15) is 0 Å². The van der Waals surface area contributed by atoms with E-state index in [-0.39, 0.29) is 12.8 Å². The fourth-order valence-corrected chi connectivity index (χ4v) is 1.36. The Bertz CT molecular complexity index is 381. The lowest BCUT2D eigenvalue weighted by Gasteiger charge is -2.28. The number of nitrogens with zero attached hydrogens (tertiary/aromatic N) is 1. The molecule has 0 unspecified atom stereocenters. The third kappa shape index (κ3) is 9.31. The number of carbonyl (C=O) groups is 3. The maximum absolute atomic E-state index is 12.1. The minimum atomic E-state index is -0.963. The number of ether oxygens (including phenoxy) is 2. The van der Waals surface area contributed by atoms with Crippen LogP contribution in [0.3, 0.4) is 0 Å². The zero-order valence-corrected chi connectivity index (χ0v) is 14.2. The first-order valence-electron chi connectivity index (χ1n) is 7.17. The summed E-state index contributed by atoms with van der Waals surface area (Å²) in [5.41, 5.74) is -1.64. The van der Waals surface area contributed by atoms with Crippen molar-refractivity contribution in [3.63, 3.8) is 0 Å². The smallest absolute Gasteiger partial charge is 0.420 e. The highest BCUT2D eigenvalue weighted by Crippen LogP contribution is 2.14. The lowest BCUT2D eigenvalue weighted by atomic mass is 10.2. The molecule has 0 saturated heterocycles. The van der Waals surface area contributed by atoms with Crippen LogP contribution in [0.2, 0.25) is 0 Å². The van der Waals surface area contributed by atoms with Gasteiger partial charge < -0.3 is 9.47 Å². The number of ketones is 1. The van der Waals surface area contributed by atoms with E-state index in [4.69, 9.17) is 9.47 Å². The molecule has 0 N–H and O–H groups in total. The minimum Gasteiger partial charge on any atom is -0.443 e. The van der Waals surface area contributed by atoms with Crippen LogP contribution < -0.4 is 0 Å². The molecule has 128 valence electrons. The Morgan fingerprint density at radius 1 is 0.909 bits per heavy atom. The van der Waals surface area contributed by atoms with E-state index in [0.717, 1.165) is 0 Å². The Morgan fingerprint density at radius 3 is 1.64 bits per heavy atom. The number of hydrogen-bond donors (Lipinski definition) is 0. The van der Waals surface area contributed by atoms with Gasteiger partial charge >= 0.3 is 12.2 Å². The molecule has 0 aromatic heterocycles. The number of carbonyl (C=O) groups excluding carboxylic acids is 3. The van der Waals surface area contributed by atoms with Crippen molar-refractivity contribution in [2.45, 2.75) is 65.6 Å². The highest BCUT2D eigenvalue weighted by Gasteiger charge is 2.32. The number of halogens is 1.